The molecule has 2 unspecified atom stereocenters. The number of rotatable bonds is 34. The van der Waals surface area contributed by atoms with Crippen molar-refractivity contribution in [2.75, 3.05) is 23.3 Å². The zero-order valence-corrected chi connectivity index (χ0v) is 43.6. The lowest BCUT2D eigenvalue weighted by atomic mass is 10.1. The molecule has 3 rings (SSSR count). The number of carboxylic acids is 5. The van der Waals surface area contributed by atoms with Crippen LogP contribution in [-0.4, -0.2) is 182 Å². The lowest BCUT2D eigenvalue weighted by Crippen LogP contribution is -2.59. The maximum Gasteiger partial charge on any atom is 0.327 e. The number of hydrogen-bond donors (Lipinski definition) is 17. The van der Waals surface area contributed by atoms with Gasteiger partial charge in [0.15, 0.2) is 17.1 Å². The minimum Gasteiger partial charge on any atom is -0.481 e. The van der Waals surface area contributed by atoms with Crippen molar-refractivity contribution in [2.45, 2.75) is 113 Å². The number of nitrogen functional groups attached to an aromatic ring is 1. The van der Waals surface area contributed by atoms with Crippen LogP contribution in [0.3, 0.4) is 0 Å². The van der Waals surface area contributed by atoms with Crippen LogP contribution < -0.4 is 60.0 Å². The number of nitrogens with one attached hydrogen (secondary N) is 8. The first-order valence-electron chi connectivity index (χ1n) is 23.4. The maximum atomic E-state index is 13.8. The molecule has 33 nitrogen and oxygen atoms in total. The van der Waals surface area contributed by atoms with Gasteiger partial charge in [-0.2, -0.15) is 4.98 Å². The van der Waals surface area contributed by atoms with E-state index in [1.807, 2.05) is 5.32 Å². The Hall–Kier alpha value is -8.86. The molecule has 2 heterocycles. The summed E-state index contributed by atoms with van der Waals surface area (Å²) < 4.78 is 0. The molecule has 79 heavy (non-hydrogen) atoms. The van der Waals surface area contributed by atoms with Gasteiger partial charge in [0.25, 0.3) is 11.5 Å². The predicted molar refractivity (Wildman–Crippen MR) is 279 cm³/mol. The summed E-state index contributed by atoms with van der Waals surface area (Å²) in [5.41, 5.74) is 16.5. The van der Waals surface area contributed by atoms with E-state index in [-0.39, 0.29) is 59.1 Å². The van der Waals surface area contributed by atoms with Crippen LogP contribution in [0.2, 0.25) is 0 Å². The molecule has 0 radical (unpaired) electrons. The quantitative estimate of drug-likeness (QED) is 0.0117. The Balaban J connectivity index is 1.72. The lowest BCUT2D eigenvalue weighted by molar-refractivity contribution is -0.144. The van der Waals surface area contributed by atoms with Crippen LogP contribution in [0.4, 0.5) is 11.6 Å². The van der Waals surface area contributed by atoms with Gasteiger partial charge in [0.1, 0.15) is 36.3 Å². The SMILES string of the molecule is CC(O)[C@@H](C)SSC[C@H](NC(=O)C(CC(=O)O)NC(=O)[C@H](CC(=O)O)NC(=O)[C@H](CCCN=C(N)N)NC(=O)[C@H](CC(=O)O)NC(=O)CC[C@H](NC(=O)c1ccc(NCc2cnc3nc(N)[nH]c(=O)c3n2)cc1)C(=O)O)C(=O)O. The average Bonchev–Trinajstić information content (AvgIpc) is 3.36. The van der Waals surface area contributed by atoms with E-state index in [0.717, 1.165) is 21.6 Å². The number of carbonyl (C=O) groups is 11. The summed E-state index contributed by atoms with van der Waals surface area (Å²) in [6.07, 6.45) is -4.74. The van der Waals surface area contributed by atoms with Crippen LogP contribution >= 0.6 is 21.6 Å². The van der Waals surface area contributed by atoms with Gasteiger partial charge in [-0.25, -0.2) is 19.6 Å². The van der Waals surface area contributed by atoms with E-state index in [1.165, 1.54) is 37.4 Å². The Morgan fingerprint density at radius 3 is 1.72 bits per heavy atom. The number of aliphatic hydroxyl groups is 1. The Kier molecular flexibility index (Phi) is 25.6. The first kappa shape index (κ1) is 64.4. The normalized spacial score (nSPS) is 14.0. The van der Waals surface area contributed by atoms with Crippen LogP contribution in [0.25, 0.3) is 11.2 Å². The van der Waals surface area contributed by atoms with Crippen molar-refractivity contribution in [1.82, 2.24) is 51.8 Å². The molecule has 35 heteroatoms. The number of aliphatic imine (C=N–C) groups is 1. The van der Waals surface area contributed by atoms with Gasteiger partial charge in [0.2, 0.25) is 35.5 Å². The number of carboxylic acid groups (broad SMARTS) is 5. The number of aliphatic carboxylic acids is 5. The fraction of sp³-hybridized carbons (Fsp3) is 0.455. The molecule has 3 aromatic rings. The number of guanidine groups is 1. The van der Waals surface area contributed by atoms with Crippen molar-refractivity contribution in [3.63, 3.8) is 0 Å². The highest BCUT2D eigenvalue weighted by Gasteiger charge is 2.35. The van der Waals surface area contributed by atoms with Crippen molar-refractivity contribution in [3.05, 3.63) is 52.1 Å². The number of aromatic amines is 1. The highest BCUT2D eigenvalue weighted by molar-refractivity contribution is 8.77. The summed E-state index contributed by atoms with van der Waals surface area (Å²) in [4.78, 5) is 171. The lowest BCUT2D eigenvalue weighted by Gasteiger charge is -2.26. The predicted octanol–water partition coefficient (Wildman–Crippen LogP) is -3.99. The third kappa shape index (κ3) is 22.7. The molecule has 0 saturated carbocycles. The summed E-state index contributed by atoms with van der Waals surface area (Å²) >= 11 is 0. The number of hydrogen-bond acceptors (Lipinski definition) is 21. The van der Waals surface area contributed by atoms with E-state index in [0.29, 0.717) is 11.4 Å². The van der Waals surface area contributed by atoms with Crippen LogP contribution in [-0.2, 0) is 54.5 Å². The Bertz CT molecular complexity index is 2820. The van der Waals surface area contributed by atoms with Crippen LogP contribution in [0.5, 0.6) is 0 Å². The first-order chi connectivity index (χ1) is 37.1. The van der Waals surface area contributed by atoms with Gasteiger partial charge in [-0.15, -0.1) is 0 Å². The van der Waals surface area contributed by atoms with Gasteiger partial charge < -0.3 is 85.1 Å². The molecular formula is C44H59N15O18S2. The molecule has 2 aromatic heterocycles. The van der Waals surface area contributed by atoms with E-state index in [2.05, 4.69) is 56.8 Å². The zero-order chi connectivity index (χ0) is 59.1. The van der Waals surface area contributed by atoms with Crippen LogP contribution in [0.1, 0.15) is 74.8 Å². The fourth-order valence-electron chi connectivity index (χ4n) is 6.51. The molecule has 0 aliphatic carbocycles. The minimum atomic E-state index is -2.12. The third-order valence-electron chi connectivity index (χ3n) is 10.8. The maximum absolute atomic E-state index is 13.8. The van der Waals surface area contributed by atoms with Gasteiger partial charge in [0, 0.05) is 35.2 Å². The number of anilines is 2. The fourth-order valence-corrected chi connectivity index (χ4v) is 9.10. The Morgan fingerprint density at radius 1 is 0.684 bits per heavy atom. The average molecular weight is 1150 g/mol. The van der Waals surface area contributed by atoms with E-state index in [4.69, 9.17) is 17.2 Å². The Labute approximate surface area is 454 Å². The number of nitrogens with two attached hydrogens (primary N) is 3. The molecule has 0 aliphatic rings. The van der Waals surface area contributed by atoms with Crippen LogP contribution in [0.15, 0.2) is 40.2 Å². The summed E-state index contributed by atoms with van der Waals surface area (Å²) in [5, 5.41) is 73.5. The van der Waals surface area contributed by atoms with Gasteiger partial charge in [0.05, 0.1) is 43.8 Å². The summed E-state index contributed by atoms with van der Waals surface area (Å²) in [6, 6.07) is -5.63. The highest BCUT2D eigenvalue weighted by Crippen LogP contribution is 2.29. The van der Waals surface area contributed by atoms with E-state index < -0.39 is 152 Å². The number of amides is 6. The molecule has 0 fully saturated rings. The van der Waals surface area contributed by atoms with Gasteiger partial charge in [-0.1, -0.05) is 21.6 Å². The second kappa shape index (κ2) is 31.4. The van der Waals surface area contributed by atoms with Gasteiger partial charge in [-0.05, 0) is 57.4 Å². The van der Waals surface area contributed by atoms with E-state index in [1.54, 1.807) is 6.92 Å². The standard InChI is InChI=1S/C44H59N15O18S2/c1-18(60)19(2)79-78-17-28(42(76)77)57-39(72)27(14-32(66)67)56-38(71)26(13-31(64)65)55-36(69)23(4-3-11-48-43(45)46)53-37(70)25(12-30(62)63)52-29(61)10-9-24(41(74)75)54-35(68)20-5-7-21(8-6-20)49-15-22-16-50-34-33(51-22)40(73)59-44(47)58-34/h5-8,16,18-19,23-28,49,60H,3-4,9-15,17H2,1-2H3,(H,52,61)(H,53,70)(H,54,68)(H,55,69)(H,56,71)(H,57,72)(H,62,63)(H,64,65)(H,66,67)(H,74,75)(H,76,77)(H4,45,46,48)(H3,47,50,58,59,73)/t18?,19-,23+,24+,25+,26+,27?,28+/m1/s1. The number of aliphatic hydroxyl groups excluding tert-OH is 1. The number of carbonyl (C=O) groups excluding carboxylic acids is 6. The van der Waals surface area contributed by atoms with Crippen molar-refractivity contribution >= 4 is 116 Å². The molecule has 0 bridgehead atoms. The van der Waals surface area contributed by atoms with Gasteiger partial charge in [-0.3, -0.25) is 57.9 Å². The molecular weight excluding hydrogens is 1090 g/mol. The molecule has 6 amide bonds. The molecule has 1 aromatic carbocycles. The summed E-state index contributed by atoms with van der Waals surface area (Å²) in [7, 11) is 2.05. The molecule has 0 saturated heterocycles. The highest BCUT2D eigenvalue weighted by atomic mass is 33.1. The Morgan fingerprint density at radius 2 is 1.20 bits per heavy atom. The monoisotopic (exact) mass is 1150 g/mol. The molecule has 0 spiro atoms. The molecule has 0 aliphatic heterocycles. The number of benzene rings is 1. The summed E-state index contributed by atoms with van der Waals surface area (Å²) in [5.74, 6) is -16.4. The van der Waals surface area contributed by atoms with Crippen molar-refractivity contribution in [1.29, 1.82) is 0 Å². The van der Waals surface area contributed by atoms with Crippen molar-refractivity contribution in [2.24, 2.45) is 16.5 Å². The smallest absolute Gasteiger partial charge is 0.327 e. The van der Waals surface area contributed by atoms with Crippen LogP contribution in [0, 0.1) is 0 Å². The second-order valence-electron chi connectivity index (χ2n) is 17.1. The number of aromatic nitrogens is 4. The number of nitrogens with zero attached hydrogens (tertiary/aromatic N) is 4. The minimum absolute atomic E-state index is 0.00603. The molecule has 20 N–H and O–H groups in total. The molecule has 8 atom stereocenters. The zero-order valence-electron chi connectivity index (χ0n) is 42.0. The molecule has 430 valence electrons. The first-order valence-corrected chi connectivity index (χ1v) is 25.8. The van der Waals surface area contributed by atoms with Crippen molar-refractivity contribution in [3.8, 4) is 0 Å². The topological polar surface area (TPSA) is 555 Å². The largest absolute Gasteiger partial charge is 0.481 e. The van der Waals surface area contributed by atoms with E-state index >= 15 is 0 Å². The van der Waals surface area contributed by atoms with Gasteiger partial charge >= 0.3 is 29.8 Å². The third-order valence-corrected chi connectivity index (χ3v) is 13.8. The number of H-pyrrole nitrogens is 1. The summed E-state index contributed by atoms with van der Waals surface area (Å²) in [6.45, 7) is 3.05. The number of fused-ring (bicyclic) bond motifs is 1. The van der Waals surface area contributed by atoms with Crippen molar-refractivity contribution < 1.29 is 83.4 Å². The second-order valence-corrected chi connectivity index (χ2v) is 19.9. The van der Waals surface area contributed by atoms with E-state index in [9.17, 15) is 88.2 Å².